The van der Waals surface area contributed by atoms with Gasteiger partial charge >= 0.3 is 12.3 Å². The van der Waals surface area contributed by atoms with E-state index in [4.69, 9.17) is 9.84 Å². The van der Waals surface area contributed by atoms with Crippen molar-refractivity contribution in [1.29, 1.82) is 0 Å². The van der Waals surface area contributed by atoms with E-state index in [-0.39, 0.29) is 13.0 Å². The second-order valence-electron chi connectivity index (χ2n) is 4.21. The standard InChI is InChI=1S/C13H16F3NO3/c1-2-10(11(18)13(14,15)16)17-12(19)20-8-9-6-4-3-5-7-9/h3-7,10-11,18H,2,8H2,1H3,(H,17,19). The quantitative estimate of drug-likeness (QED) is 0.876. The predicted molar refractivity (Wildman–Crippen MR) is 65.9 cm³/mol. The number of aliphatic hydroxyl groups is 1. The van der Waals surface area contributed by atoms with Crippen LogP contribution < -0.4 is 5.32 Å². The number of hydrogen-bond acceptors (Lipinski definition) is 3. The van der Waals surface area contributed by atoms with Crippen LogP contribution in [0.25, 0.3) is 0 Å². The summed E-state index contributed by atoms with van der Waals surface area (Å²) in [7, 11) is 0. The first kappa shape index (κ1) is 16.3. The van der Waals surface area contributed by atoms with Crippen LogP contribution in [0.3, 0.4) is 0 Å². The molecule has 0 aliphatic rings. The molecule has 1 aromatic rings. The first-order chi connectivity index (χ1) is 9.34. The van der Waals surface area contributed by atoms with Gasteiger partial charge in [0, 0.05) is 0 Å². The van der Waals surface area contributed by atoms with E-state index in [1.165, 1.54) is 6.92 Å². The van der Waals surface area contributed by atoms with Crippen molar-refractivity contribution in [1.82, 2.24) is 5.32 Å². The molecule has 1 amide bonds. The second kappa shape index (κ2) is 7.14. The van der Waals surface area contributed by atoms with Crippen molar-refractivity contribution >= 4 is 6.09 Å². The lowest BCUT2D eigenvalue weighted by molar-refractivity contribution is -0.211. The summed E-state index contributed by atoms with van der Waals surface area (Å²) in [4.78, 5) is 11.4. The molecule has 0 bridgehead atoms. The molecule has 0 spiro atoms. The molecule has 2 unspecified atom stereocenters. The number of nitrogens with one attached hydrogen (secondary N) is 1. The molecule has 20 heavy (non-hydrogen) atoms. The Morgan fingerprint density at radius 3 is 2.45 bits per heavy atom. The largest absolute Gasteiger partial charge is 0.445 e. The van der Waals surface area contributed by atoms with Gasteiger partial charge < -0.3 is 15.2 Å². The molecule has 2 N–H and O–H groups in total. The second-order valence-corrected chi connectivity index (χ2v) is 4.21. The maximum Gasteiger partial charge on any atom is 0.416 e. The third-order valence-electron chi connectivity index (χ3n) is 2.67. The number of rotatable bonds is 5. The number of benzene rings is 1. The fraction of sp³-hybridized carbons (Fsp3) is 0.462. The van der Waals surface area contributed by atoms with Crippen LogP contribution in [0.4, 0.5) is 18.0 Å². The molecule has 0 radical (unpaired) electrons. The molecule has 1 rings (SSSR count). The predicted octanol–water partition coefficient (Wildman–Crippen LogP) is 2.61. The highest BCUT2D eigenvalue weighted by atomic mass is 19.4. The molecule has 0 aromatic heterocycles. The highest BCUT2D eigenvalue weighted by Crippen LogP contribution is 2.23. The Bertz CT molecular complexity index is 423. The SMILES string of the molecule is CCC(NC(=O)OCc1ccccc1)C(O)C(F)(F)F. The van der Waals surface area contributed by atoms with E-state index in [0.29, 0.717) is 5.56 Å². The fourth-order valence-electron chi connectivity index (χ4n) is 1.55. The monoisotopic (exact) mass is 291 g/mol. The van der Waals surface area contributed by atoms with Crippen molar-refractivity contribution in [3.05, 3.63) is 35.9 Å². The van der Waals surface area contributed by atoms with Gasteiger partial charge in [0.2, 0.25) is 0 Å². The summed E-state index contributed by atoms with van der Waals surface area (Å²) in [6.45, 7) is 1.38. The minimum atomic E-state index is -4.78. The van der Waals surface area contributed by atoms with E-state index in [1.54, 1.807) is 30.3 Å². The Kier molecular flexibility index (Phi) is 5.82. The van der Waals surface area contributed by atoms with Crippen LogP contribution in [0, 0.1) is 0 Å². The minimum absolute atomic E-state index is 0.0504. The van der Waals surface area contributed by atoms with Gasteiger partial charge in [-0.25, -0.2) is 4.79 Å². The Balaban J connectivity index is 2.48. The van der Waals surface area contributed by atoms with Gasteiger partial charge in [0.1, 0.15) is 6.61 Å². The van der Waals surface area contributed by atoms with Gasteiger partial charge in [-0.1, -0.05) is 37.3 Å². The maximum absolute atomic E-state index is 12.3. The molecule has 0 aliphatic heterocycles. The first-order valence-corrected chi connectivity index (χ1v) is 6.06. The molecule has 7 heteroatoms. The van der Waals surface area contributed by atoms with Crippen molar-refractivity contribution in [2.45, 2.75) is 38.3 Å². The molecule has 4 nitrogen and oxygen atoms in total. The van der Waals surface area contributed by atoms with Gasteiger partial charge in [-0.15, -0.1) is 0 Å². The maximum atomic E-state index is 12.3. The van der Waals surface area contributed by atoms with Crippen LogP contribution in [0.5, 0.6) is 0 Å². The number of alkyl carbamates (subject to hydrolysis) is 1. The topological polar surface area (TPSA) is 58.6 Å². The lowest BCUT2D eigenvalue weighted by Gasteiger charge is -2.24. The van der Waals surface area contributed by atoms with Gasteiger partial charge in [0.15, 0.2) is 6.10 Å². The zero-order valence-electron chi connectivity index (χ0n) is 10.9. The van der Waals surface area contributed by atoms with Crippen molar-refractivity contribution in [3.8, 4) is 0 Å². The Morgan fingerprint density at radius 2 is 1.95 bits per heavy atom. The third kappa shape index (κ3) is 5.08. The molecular weight excluding hydrogens is 275 g/mol. The first-order valence-electron chi connectivity index (χ1n) is 6.06. The van der Waals surface area contributed by atoms with Crippen molar-refractivity contribution < 1.29 is 27.8 Å². The zero-order chi connectivity index (χ0) is 15.2. The molecule has 0 heterocycles. The average Bonchev–Trinajstić information content (AvgIpc) is 2.42. The summed E-state index contributed by atoms with van der Waals surface area (Å²) in [5, 5.41) is 11.1. The van der Waals surface area contributed by atoms with Crippen molar-refractivity contribution in [2.75, 3.05) is 0 Å². The normalized spacial score (nSPS) is 14.4. The lowest BCUT2D eigenvalue weighted by Crippen LogP contribution is -2.49. The lowest BCUT2D eigenvalue weighted by atomic mass is 10.1. The number of carbonyl (C=O) groups is 1. The summed E-state index contributed by atoms with van der Waals surface area (Å²) in [6, 6.07) is 7.29. The zero-order valence-corrected chi connectivity index (χ0v) is 10.9. The van der Waals surface area contributed by atoms with Crippen LogP contribution in [0.1, 0.15) is 18.9 Å². The van der Waals surface area contributed by atoms with Crippen LogP contribution >= 0.6 is 0 Å². The molecule has 0 aliphatic carbocycles. The van der Waals surface area contributed by atoms with Gasteiger partial charge in [0.05, 0.1) is 6.04 Å². The minimum Gasteiger partial charge on any atom is -0.445 e. The summed E-state index contributed by atoms with van der Waals surface area (Å²) >= 11 is 0. The van der Waals surface area contributed by atoms with Crippen LogP contribution in [0.15, 0.2) is 30.3 Å². The molecule has 0 fully saturated rings. The highest BCUT2D eigenvalue weighted by Gasteiger charge is 2.43. The number of amides is 1. The Labute approximate surface area is 114 Å². The third-order valence-corrected chi connectivity index (χ3v) is 2.67. The van der Waals surface area contributed by atoms with E-state index in [2.05, 4.69) is 0 Å². The van der Waals surface area contributed by atoms with Crippen molar-refractivity contribution in [2.24, 2.45) is 0 Å². The van der Waals surface area contributed by atoms with Gasteiger partial charge in [0.25, 0.3) is 0 Å². The summed E-state index contributed by atoms with van der Waals surface area (Å²) in [6.07, 6.45) is -8.46. The smallest absolute Gasteiger partial charge is 0.416 e. The average molecular weight is 291 g/mol. The van der Waals surface area contributed by atoms with E-state index < -0.39 is 24.4 Å². The number of alkyl halides is 3. The van der Waals surface area contributed by atoms with E-state index in [9.17, 15) is 18.0 Å². The van der Waals surface area contributed by atoms with Crippen LogP contribution in [0.2, 0.25) is 0 Å². The molecule has 1 aromatic carbocycles. The molecule has 0 saturated carbocycles. The van der Waals surface area contributed by atoms with E-state index >= 15 is 0 Å². The van der Waals surface area contributed by atoms with Crippen LogP contribution in [-0.2, 0) is 11.3 Å². The number of carbonyl (C=O) groups excluding carboxylic acids is 1. The van der Waals surface area contributed by atoms with Gasteiger partial charge in [-0.05, 0) is 12.0 Å². The van der Waals surface area contributed by atoms with Gasteiger partial charge in [-0.3, -0.25) is 0 Å². The number of hydrogen-bond donors (Lipinski definition) is 2. The molecule has 2 atom stereocenters. The van der Waals surface area contributed by atoms with E-state index in [0.717, 1.165) is 0 Å². The van der Waals surface area contributed by atoms with Crippen molar-refractivity contribution in [3.63, 3.8) is 0 Å². The number of ether oxygens (including phenoxy) is 1. The summed E-state index contributed by atoms with van der Waals surface area (Å²) in [5.74, 6) is 0. The van der Waals surface area contributed by atoms with Crippen LogP contribution in [-0.4, -0.2) is 29.5 Å². The van der Waals surface area contributed by atoms with E-state index in [1.807, 2.05) is 5.32 Å². The summed E-state index contributed by atoms with van der Waals surface area (Å²) in [5.41, 5.74) is 0.715. The Hall–Kier alpha value is -1.76. The number of halogens is 3. The highest BCUT2D eigenvalue weighted by molar-refractivity contribution is 5.67. The fourth-order valence-corrected chi connectivity index (χ4v) is 1.55. The molecule has 0 saturated heterocycles. The molecule has 112 valence electrons. The molecular formula is C13H16F3NO3. The summed E-state index contributed by atoms with van der Waals surface area (Å²) < 4.78 is 41.8. The Morgan fingerprint density at radius 1 is 1.35 bits per heavy atom. The number of aliphatic hydroxyl groups excluding tert-OH is 1. The van der Waals surface area contributed by atoms with Gasteiger partial charge in [-0.2, -0.15) is 13.2 Å².